The lowest BCUT2D eigenvalue weighted by molar-refractivity contribution is -0.0372. The van der Waals surface area contributed by atoms with E-state index in [1.807, 2.05) is 24.2 Å². The first kappa shape index (κ1) is 17.5. The van der Waals surface area contributed by atoms with Gasteiger partial charge >= 0.3 is 0 Å². The molecular weight excluding hydrogens is 290 g/mol. The largest absolute Gasteiger partial charge is 0.472 e. The summed E-state index contributed by atoms with van der Waals surface area (Å²) >= 11 is 0. The molecule has 5 heteroatoms. The van der Waals surface area contributed by atoms with E-state index in [1.165, 1.54) is 0 Å². The number of allylic oxidation sites excluding steroid dienone is 1. The van der Waals surface area contributed by atoms with E-state index < -0.39 is 0 Å². The van der Waals surface area contributed by atoms with Crippen LogP contribution >= 0.6 is 0 Å². The van der Waals surface area contributed by atoms with Crippen molar-refractivity contribution in [3.05, 3.63) is 30.2 Å². The molecule has 0 aliphatic carbocycles. The fraction of sp³-hybridized carbons (Fsp3) is 0.556. The first-order valence-electron chi connectivity index (χ1n) is 8.05. The summed E-state index contributed by atoms with van der Waals surface area (Å²) in [5.41, 5.74) is 1.99. The van der Waals surface area contributed by atoms with Crippen molar-refractivity contribution in [1.82, 2.24) is 4.90 Å². The van der Waals surface area contributed by atoms with Crippen LogP contribution in [0.5, 0.6) is 0 Å². The maximum Gasteiger partial charge on any atom is 0.119 e. The normalized spacial score (nSPS) is 22.6. The second kappa shape index (κ2) is 8.11. The quantitative estimate of drug-likeness (QED) is 0.439. The van der Waals surface area contributed by atoms with Gasteiger partial charge in [-0.2, -0.15) is 0 Å². The third kappa shape index (κ3) is 4.55. The first-order valence-corrected chi connectivity index (χ1v) is 8.05. The van der Waals surface area contributed by atoms with Crippen LogP contribution in [0.2, 0.25) is 0 Å². The van der Waals surface area contributed by atoms with E-state index in [-0.39, 0.29) is 12.0 Å². The van der Waals surface area contributed by atoms with Gasteiger partial charge in [-0.25, -0.2) is 0 Å². The van der Waals surface area contributed by atoms with Crippen molar-refractivity contribution in [3.63, 3.8) is 0 Å². The number of rotatable bonds is 7. The third-order valence-electron chi connectivity index (χ3n) is 4.05. The molecule has 0 saturated heterocycles. The topological polar surface area (TPSA) is 50.3 Å². The Morgan fingerprint density at radius 3 is 2.83 bits per heavy atom. The molecule has 0 spiro atoms. The van der Waals surface area contributed by atoms with E-state index in [2.05, 4.69) is 36.8 Å². The van der Waals surface area contributed by atoms with Crippen LogP contribution < -0.4 is 0 Å². The second-order valence-corrected chi connectivity index (χ2v) is 6.41. The molecule has 5 nitrogen and oxygen atoms in total. The highest BCUT2D eigenvalue weighted by Gasteiger charge is 2.30. The monoisotopic (exact) mass is 317 g/mol. The van der Waals surface area contributed by atoms with Crippen LogP contribution in [0.1, 0.15) is 26.3 Å². The summed E-state index contributed by atoms with van der Waals surface area (Å²) in [7, 11) is 3.72. The van der Waals surface area contributed by atoms with Gasteiger partial charge < -0.3 is 14.1 Å². The highest BCUT2D eigenvalue weighted by molar-refractivity contribution is 5.78. The molecule has 126 valence electrons. The average Bonchev–Trinajstić information content (AvgIpc) is 3.03. The Hall–Kier alpha value is -1.88. The third-order valence-corrected chi connectivity index (χ3v) is 4.05. The van der Waals surface area contributed by atoms with Crippen molar-refractivity contribution in [2.24, 2.45) is 27.7 Å². The van der Waals surface area contributed by atoms with Crippen LogP contribution in [0.3, 0.4) is 0 Å². The standard InChI is InChI=1S/C18H27N3O2/c1-13(2)18(23-12-21(5)11-19-4)16-9-20-17(8-14(16)3)15-6-7-22-10-15/h6-11,13-14,16,18H,12H2,1-5H3. The summed E-state index contributed by atoms with van der Waals surface area (Å²) in [4.78, 5) is 10.6. The molecule has 1 aliphatic rings. The van der Waals surface area contributed by atoms with Crippen molar-refractivity contribution in [1.29, 1.82) is 0 Å². The van der Waals surface area contributed by atoms with Gasteiger partial charge in [-0.3, -0.25) is 9.98 Å². The Morgan fingerprint density at radius 1 is 1.48 bits per heavy atom. The zero-order valence-electron chi connectivity index (χ0n) is 14.6. The predicted molar refractivity (Wildman–Crippen MR) is 94.6 cm³/mol. The summed E-state index contributed by atoms with van der Waals surface area (Å²) in [5.74, 6) is 1.03. The number of furan rings is 1. The molecule has 3 unspecified atom stereocenters. The van der Waals surface area contributed by atoms with Gasteiger partial charge in [0.25, 0.3) is 0 Å². The smallest absolute Gasteiger partial charge is 0.119 e. The minimum absolute atomic E-state index is 0.114. The Bertz CT molecular complexity index is 561. The summed E-state index contributed by atoms with van der Waals surface area (Å²) in [6.07, 6.45) is 9.52. The Balaban J connectivity index is 2.05. The van der Waals surface area contributed by atoms with Gasteiger partial charge in [-0.15, -0.1) is 0 Å². The van der Waals surface area contributed by atoms with Crippen LogP contribution in [-0.4, -0.2) is 44.4 Å². The van der Waals surface area contributed by atoms with Crippen LogP contribution in [0.15, 0.2) is 39.1 Å². The molecule has 0 fully saturated rings. The number of aliphatic imine (C=N–C) groups is 2. The number of nitrogens with zero attached hydrogens (tertiary/aromatic N) is 3. The van der Waals surface area contributed by atoms with E-state index in [0.29, 0.717) is 18.6 Å². The molecule has 0 amide bonds. The molecule has 0 radical (unpaired) electrons. The molecule has 0 aromatic carbocycles. The zero-order chi connectivity index (χ0) is 16.8. The van der Waals surface area contributed by atoms with Crippen molar-refractivity contribution >= 4 is 18.3 Å². The lowest BCUT2D eigenvalue weighted by Crippen LogP contribution is -2.38. The van der Waals surface area contributed by atoms with Crippen molar-refractivity contribution in [3.8, 4) is 0 Å². The van der Waals surface area contributed by atoms with Crippen LogP contribution in [0, 0.1) is 17.8 Å². The minimum Gasteiger partial charge on any atom is -0.472 e. The van der Waals surface area contributed by atoms with Gasteiger partial charge in [0.2, 0.25) is 0 Å². The van der Waals surface area contributed by atoms with Gasteiger partial charge in [0.1, 0.15) is 6.73 Å². The average molecular weight is 317 g/mol. The summed E-state index contributed by atoms with van der Waals surface area (Å²) < 4.78 is 11.3. The van der Waals surface area contributed by atoms with Crippen LogP contribution in [-0.2, 0) is 4.74 Å². The summed E-state index contributed by atoms with van der Waals surface area (Å²) in [5, 5.41) is 0. The van der Waals surface area contributed by atoms with Gasteiger partial charge in [0.15, 0.2) is 0 Å². The van der Waals surface area contributed by atoms with Crippen molar-refractivity contribution in [2.75, 3.05) is 20.8 Å². The Morgan fingerprint density at radius 2 is 2.26 bits per heavy atom. The number of hydrogen-bond acceptors (Lipinski definition) is 4. The molecule has 0 N–H and O–H groups in total. The lowest BCUT2D eigenvalue weighted by atomic mass is 9.82. The fourth-order valence-electron chi connectivity index (χ4n) is 2.85. The molecule has 1 aromatic heterocycles. The summed E-state index contributed by atoms with van der Waals surface area (Å²) in [6.45, 7) is 7.12. The first-order chi connectivity index (χ1) is 11.0. The van der Waals surface area contributed by atoms with Gasteiger partial charge in [0.05, 0.1) is 30.7 Å². The zero-order valence-corrected chi connectivity index (χ0v) is 14.6. The van der Waals surface area contributed by atoms with Gasteiger partial charge in [-0.1, -0.05) is 26.8 Å². The van der Waals surface area contributed by atoms with E-state index in [4.69, 9.17) is 9.15 Å². The Labute approximate surface area is 138 Å². The second-order valence-electron chi connectivity index (χ2n) is 6.41. The lowest BCUT2D eigenvalue weighted by Gasteiger charge is -2.33. The molecule has 2 heterocycles. The summed E-state index contributed by atoms with van der Waals surface area (Å²) in [6, 6.07) is 1.94. The number of hydrogen-bond donors (Lipinski definition) is 0. The molecular formula is C18H27N3O2. The SMILES string of the molecule is CN=CN(C)COC(C(C)C)C1C=NC(c2ccoc2)=CC1C. The minimum atomic E-state index is 0.114. The number of ether oxygens (including phenoxy) is 1. The van der Waals surface area contributed by atoms with E-state index >= 15 is 0 Å². The van der Waals surface area contributed by atoms with E-state index in [1.54, 1.807) is 25.9 Å². The van der Waals surface area contributed by atoms with Gasteiger partial charge in [-0.05, 0) is 17.9 Å². The molecule has 3 atom stereocenters. The maximum absolute atomic E-state index is 6.15. The van der Waals surface area contributed by atoms with E-state index in [0.717, 1.165) is 11.3 Å². The molecule has 2 rings (SSSR count). The molecule has 1 aromatic rings. The highest BCUT2D eigenvalue weighted by Crippen LogP contribution is 2.31. The highest BCUT2D eigenvalue weighted by atomic mass is 16.5. The van der Waals surface area contributed by atoms with Crippen LogP contribution in [0.4, 0.5) is 0 Å². The maximum atomic E-state index is 6.15. The molecule has 0 bridgehead atoms. The van der Waals surface area contributed by atoms with Gasteiger partial charge in [0, 0.05) is 31.8 Å². The molecule has 23 heavy (non-hydrogen) atoms. The van der Waals surface area contributed by atoms with Crippen molar-refractivity contribution < 1.29 is 9.15 Å². The fourth-order valence-corrected chi connectivity index (χ4v) is 2.85. The predicted octanol–water partition coefficient (Wildman–Crippen LogP) is 3.55. The van der Waals surface area contributed by atoms with Crippen LogP contribution in [0.25, 0.3) is 5.70 Å². The molecule has 1 aliphatic heterocycles. The van der Waals surface area contributed by atoms with Crippen molar-refractivity contribution in [2.45, 2.75) is 26.9 Å². The van der Waals surface area contributed by atoms with E-state index in [9.17, 15) is 0 Å². The Kier molecular flexibility index (Phi) is 6.16. The molecule has 0 saturated carbocycles.